The second-order valence-corrected chi connectivity index (χ2v) is 9.90. The molecular weight excluding hydrogens is 340 g/mol. The number of allylic oxidation sites excluding steroid dienone is 2. The van der Waals surface area contributed by atoms with Crippen LogP contribution in [0, 0.1) is 23.2 Å². The molecule has 1 saturated heterocycles. The zero-order chi connectivity index (χ0) is 19.4. The zero-order valence-electron chi connectivity index (χ0n) is 17.3. The molecule has 4 nitrogen and oxygen atoms in total. The molecule has 150 valence electrons. The molecule has 0 radical (unpaired) electrons. The van der Waals surface area contributed by atoms with Crippen molar-refractivity contribution in [2.24, 2.45) is 23.2 Å². The highest BCUT2D eigenvalue weighted by atomic mass is 16.7. The third-order valence-corrected chi connectivity index (χ3v) is 7.92. The van der Waals surface area contributed by atoms with Gasteiger partial charge in [-0.15, -0.1) is 0 Å². The molecule has 1 aliphatic heterocycles. The topological polar surface area (TPSA) is 52.6 Å². The third-order valence-electron chi connectivity index (χ3n) is 7.92. The Morgan fingerprint density at radius 1 is 1.11 bits per heavy atom. The maximum Gasteiger partial charge on any atom is 0.166 e. The van der Waals surface area contributed by atoms with Crippen molar-refractivity contribution in [1.29, 1.82) is 0 Å². The first kappa shape index (κ1) is 19.3. The van der Waals surface area contributed by atoms with Crippen molar-refractivity contribution in [3.05, 3.63) is 11.1 Å². The average Bonchev–Trinajstić information content (AvgIpc) is 3.15. The summed E-state index contributed by atoms with van der Waals surface area (Å²) in [7, 11) is 0. The average molecular weight is 375 g/mol. The van der Waals surface area contributed by atoms with Crippen LogP contribution in [0.4, 0.5) is 0 Å². The molecule has 4 rings (SSSR count). The molecule has 27 heavy (non-hydrogen) atoms. The Labute approximate surface area is 163 Å². The van der Waals surface area contributed by atoms with Crippen molar-refractivity contribution < 1.29 is 19.1 Å². The zero-order valence-corrected chi connectivity index (χ0v) is 17.3. The van der Waals surface area contributed by atoms with Crippen molar-refractivity contribution >= 4 is 11.6 Å². The molecule has 0 bridgehead atoms. The summed E-state index contributed by atoms with van der Waals surface area (Å²) in [6.45, 7) is 9.13. The minimum atomic E-state index is -0.581. The number of Topliss-reactive ketones (excluding diaryl/α,β-unsaturated/α-hetero) is 2. The number of carbonyl (C=O) groups excluding carboxylic acids is 2. The molecule has 0 aromatic rings. The molecule has 4 heteroatoms. The first-order valence-corrected chi connectivity index (χ1v) is 10.8. The van der Waals surface area contributed by atoms with Crippen LogP contribution in [-0.2, 0) is 19.1 Å². The van der Waals surface area contributed by atoms with E-state index in [9.17, 15) is 9.59 Å². The van der Waals surface area contributed by atoms with E-state index in [1.165, 1.54) is 5.57 Å². The van der Waals surface area contributed by atoms with Crippen LogP contribution >= 0.6 is 0 Å². The van der Waals surface area contributed by atoms with Gasteiger partial charge in [-0.05, 0) is 62.4 Å². The van der Waals surface area contributed by atoms with Crippen molar-refractivity contribution in [3.63, 3.8) is 0 Å². The van der Waals surface area contributed by atoms with E-state index in [4.69, 9.17) is 9.47 Å². The summed E-state index contributed by atoms with van der Waals surface area (Å²) in [5.41, 5.74) is 2.26. The molecule has 0 aromatic carbocycles. The van der Waals surface area contributed by atoms with E-state index in [1.807, 2.05) is 6.92 Å². The minimum absolute atomic E-state index is 0.141. The highest BCUT2D eigenvalue weighted by Gasteiger charge is 2.53. The Kier molecular flexibility index (Phi) is 4.87. The third kappa shape index (κ3) is 3.23. The summed E-state index contributed by atoms with van der Waals surface area (Å²) in [6.07, 6.45) is 6.74. The predicted octanol–water partition coefficient (Wildman–Crippen LogP) is 4.61. The van der Waals surface area contributed by atoms with Crippen LogP contribution < -0.4 is 0 Å². The summed E-state index contributed by atoms with van der Waals surface area (Å²) in [6, 6.07) is 0. The lowest BCUT2D eigenvalue weighted by molar-refractivity contribution is -0.162. The lowest BCUT2D eigenvalue weighted by atomic mass is 9.58. The van der Waals surface area contributed by atoms with E-state index >= 15 is 0 Å². The van der Waals surface area contributed by atoms with Gasteiger partial charge in [0.05, 0.1) is 12.7 Å². The van der Waals surface area contributed by atoms with E-state index in [0.29, 0.717) is 42.3 Å². The standard InChI is InChI=1S/C23H34O4/c1-14(2)20-13-26-23(4,27-20)12-10-17-15-9-11-22(3)18(6-8-21(22)25)16(15)5-7-19(17)24/h14,16,18,20H,5-13H2,1-4H3/t16-,18+,20?,22+,23?/m1/s1. The molecule has 3 fully saturated rings. The van der Waals surface area contributed by atoms with Gasteiger partial charge in [-0.3, -0.25) is 9.59 Å². The fourth-order valence-corrected chi connectivity index (χ4v) is 6.02. The normalized spacial score (nSPS) is 42.0. The Balaban J connectivity index is 1.52. The fraction of sp³-hybridized carbons (Fsp3) is 0.826. The Bertz CT molecular complexity index is 678. The second-order valence-electron chi connectivity index (χ2n) is 9.90. The van der Waals surface area contributed by atoms with Crippen molar-refractivity contribution in [3.8, 4) is 0 Å². The van der Waals surface area contributed by atoms with Gasteiger partial charge in [0, 0.05) is 24.7 Å². The quantitative estimate of drug-likeness (QED) is 0.721. The number of rotatable bonds is 4. The van der Waals surface area contributed by atoms with Crippen LogP contribution in [0.2, 0.25) is 0 Å². The predicted molar refractivity (Wildman–Crippen MR) is 103 cm³/mol. The minimum Gasteiger partial charge on any atom is -0.347 e. The summed E-state index contributed by atoms with van der Waals surface area (Å²) in [5.74, 6) is 1.50. The SMILES string of the molecule is CC(C)C1COC(C)(CCC2=C3CC[C@]4(C)C(=O)CC[C@H]4[C@@H]3CCC2=O)O1. The molecule has 0 N–H and O–H groups in total. The summed E-state index contributed by atoms with van der Waals surface area (Å²) < 4.78 is 12.1. The highest BCUT2D eigenvalue weighted by Crippen LogP contribution is 2.57. The van der Waals surface area contributed by atoms with Gasteiger partial charge >= 0.3 is 0 Å². The summed E-state index contributed by atoms with van der Waals surface area (Å²) in [5, 5.41) is 0. The second kappa shape index (κ2) is 6.81. The van der Waals surface area contributed by atoms with Gasteiger partial charge in [0.1, 0.15) is 5.78 Å². The highest BCUT2D eigenvalue weighted by molar-refractivity contribution is 5.97. The lowest BCUT2D eigenvalue weighted by Gasteiger charge is -2.45. The number of ether oxygens (including phenoxy) is 2. The summed E-state index contributed by atoms with van der Waals surface area (Å²) >= 11 is 0. The van der Waals surface area contributed by atoms with Gasteiger partial charge in [0.25, 0.3) is 0 Å². The Hall–Kier alpha value is -1.00. The van der Waals surface area contributed by atoms with Gasteiger partial charge in [-0.1, -0.05) is 26.3 Å². The van der Waals surface area contributed by atoms with Gasteiger partial charge in [-0.2, -0.15) is 0 Å². The maximum atomic E-state index is 12.8. The molecule has 3 aliphatic carbocycles. The van der Waals surface area contributed by atoms with Crippen molar-refractivity contribution in [2.45, 2.75) is 91.0 Å². The van der Waals surface area contributed by atoms with E-state index in [1.54, 1.807) is 0 Å². The van der Waals surface area contributed by atoms with Crippen LogP contribution in [0.15, 0.2) is 11.1 Å². The van der Waals surface area contributed by atoms with Gasteiger partial charge in [-0.25, -0.2) is 0 Å². The van der Waals surface area contributed by atoms with E-state index in [2.05, 4.69) is 20.8 Å². The Morgan fingerprint density at radius 3 is 2.59 bits per heavy atom. The molecule has 0 spiro atoms. The van der Waals surface area contributed by atoms with E-state index < -0.39 is 5.79 Å². The smallest absolute Gasteiger partial charge is 0.166 e. The van der Waals surface area contributed by atoms with Crippen LogP contribution in [0.5, 0.6) is 0 Å². The van der Waals surface area contributed by atoms with E-state index in [0.717, 1.165) is 50.5 Å². The van der Waals surface area contributed by atoms with Crippen LogP contribution in [0.1, 0.15) is 79.1 Å². The molecule has 1 heterocycles. The molecule has 5 atom stereocenters. The van der Waals surface area contributed by atoms with Crippen LogP contribution in [0.3, 0.4) is 0 Å². The van der Waals surface area contributed by atoms with Crippen molar-refractivity contribution in [2.75, 3.05) is 6.61 Å². The molecular formula is C23H34O4. The first-order chi connectivity index (χ1) is 12.7. The van der Waals surface area contributed by atoms with E-state index in [-0.39, 0.29) is 11.5 Å². The van der Waals surface area contributed by atoms with Gasteiger partial charge in [0.15, 0.2) is 11.6 Å². The van der Waals surface area contributed by atoms with Gasteiger partial charge < -0.3 is 9.47 Å². The monoisotopic (exact) mass is 374 g/mol. The number of hydrogen-bond acceptors (Lipinski definition) is 4. The molecule has 0 amide bonds. The first-order valence-electron chi connectivity index (χ1n) is 10.8. The molecule has 2 saturated carbocycles. The molecule has 4 aliphatic rings. The molecule has 2 unspecified atom stereocenters. The Morgan fingerprint density at radius 2 is 1.89 bits per heavy atom. The fourth-order valence-electron chi connectivity index (χ4n) is 6.02. The van der Waals surface area contributed by atoms with Crippen LogP contribution in [-0.4, -0.2) is 30.1 Å². The van der Waals surface area contributed by atoms with Crippen molar-refractivity contribution in [1.82, 2.24) is 0 Å². The number of ketones is 2. The summed E-state index contributed by atoms with van der Waals surface area (Å²) in [4.78, 5) is 25.2. The number of fused-ring (bicyclic) bond motifs is 3. The number of carbonyl (C=O) groups is 2. The number of hydrogen-bond donors (Lipinski definition) is 0. The molecule has 0 aromatic heterocycles. The largest absolute Gasteiger partial charge is 0.347 e. The van der Waals surface area contributed by atoms with Gasteiger partial charge in [0.2, 0.25) is 0 Å². The maximum absolute atomic E-state index is 12.8. The lowest BCUT2D eigenvalue weighted by Crippen LogP contribution is -2.41. The van der Waals surface area contributed by atoms with Crippen LogP contribution in [0.25, 0.3) is 0 Å².